The molecule has 0 bridgehead atoms. The molecule has 0 spiro atoms. The third-order valence-electron chi connectivity index (χ3n) is 3.70. The van der Waals surface area contributed by atoms with Gasteiger partial charge in [0, 0.05) is 31.7 Å². The Balaban J connectivity index is 1.78. The molecule has 1 aliphatic heterocycles. The van der Waals surface area contributed by atoms with Crippen LogP contribution < -0.4 is 10.6 Å². The lowest BCUT2D eigenvalue weighted by atomic mass is 9.97. The number of rotatable bonds is 3. The van der Waals surface area contributed by atoms with E-state index in [4.69, 9.17) is 5.73 Å². The van der Waals surface area contributed by atoms with Crippen LogP contribution in [0.5, 0.6) is 0 Å². The Morgan fingerprint density at radius 2 is 1.95 bits per heavy atom. The summed E-state index contributed by atoms with van der Waals surface area (Å²) in [6.07, 6.45) is 9.03. The molecular formula is C14H18N6. The maximum Gasteiger partial charge on any atom is 0.225 e. The minimum absolute atomic E-state index is 0.634. The molecule has 0 aliphatic carbocycles. The van der Waals surface area contributed by atoms with Gasteiger partial charge in [0.2, 0.25) is 5.95 Å². The van der Waals surface area contributed by atoms with Crippen molar-refractivity contribution in [2.75, 3.05) is 24.5 Å². The fourth-order valence-corrected chi connectivity index (χ4v) is 2.44. The van der Waals surface area contributed by atoms with Gasteiger partial charge in [0.05, 0.1) is 11.9 Å². The molecule has 20 heavy (non-hydrogen) atoms. The van der Waals surface area contributed by atoms with Gasteiger partial charge < -0.3 is 10.6 Å². The van der Waals surface area contributed by atoms with Crippen LogP contribution in [0.2, 0.25) is 0 Å². The molecule has 104 valence electrons. The average Bonchev–Trinajstić information content (AvgIpc) is 2.56. The summed E-state index contributed by atoms with van der Waals surface area (Å²) in [5.74, 6) is 1.40. The van der Waals surface area contributed by atoms with Crippen molar-refractivity contribution in [3.8, 4) is 11.4 Å². The van der Waals surface area contributed by atoms with Gasteiger partial charge in [-0.05, 0) is 31.4 Å². The van der Waals surface area contributed by atoms with Gasteiger partial charge in [-0.1, -0.05) is 0 Å². The highest BCUT2D eigenvalue weighted by molar-refractivity contribution is 5.54. The van der Waals surface area contributed by atoms with E-state index in [1.807, 2.05) is 6.07 Å². The Kier molecular flexibility index (Phi) is 3.83. The van der Waals surface area contributed by atoms with Gasteiger partial charge in [0.15, 0.2) is 0 Å². The number of hydrogen-bond donors (Lipinski definition) is 1. The highest BCUT2D eigenvalue weighted by atomic mass is 15.3. The van der Waals surface area contributed by atoms with E-state index in [9.17, 15) is 0 Å². The lowest BCUT2D eigenvalue weighted by molar-refractivity contribution is 0.411. The quantitative estimate of drug-likeness (QED) is 0.899. The van der Waals surface area contributed by atoms with Crippen LogP contribution in [0.3, 0.4) is 0 Å². The Bertz CT molecular complexity index is 551. The van der Waals surface area contributed by atoms with Crippen LogP contribution in [-0.4, -0.2) is 39.6 Å². The maximum absolute atomic E-state index is 5.72. The highest BCUT2D eigenvalue weighted by Crippen LogP contribution is 2.21. The summed E-state index contributed by atoms with van der Waals surface area (Å²) in [7, 11) is 0. The SMILES string of the molecule is NCC1CCN(c2nccc(-c3cnccn3)n2)CC1. The van der Waals surface area contributed by atoms with Crippen molar-refractivity contribution in [3.63, 3.8) is 0 Å². The van der Waals surface area contributed by atoms with Gasteiger partial charge in [-0.2, -0.15) is 0 Å². The van der Waals surface area contributed by atoms with E-state index in [0.717, 1.165) is 49.8 Å². The molecule has 6 heteroatoms. The predicted molar refractivity (Wildman–Crippen MR) is 77.0 cm³/mol. The van der Waals surface area contributed by atoms with Crippen LogP contribution in [0.4, 0.5) is 5.95 Å². The monoisotopic (exact) mass is 270 g/mol. The van der Waals surface area contributed by atoms with Crippen molar-refractivity contribution in [2.24, 2.45) is 11.7 Å². The molecular weight excluding hydrogens is 252 g/mol. The summed E-state index contributed by atoms with van der Waals surface area (Å²) < 4.78 is 0. The van der Waals surface area contributed by atoms with E-state index in [-0.39, 0.29) is 0 Å². The van der Waals surface area contributed by atoms with Crippen LogP contribution in [0.15, 0.2) is 30.9 Å². The molecule has 0 unspecified atom stereocenters. The number of nitrogens with two attached hydrogens (primary N) is 1. The third-order valence-corrected chi connectivity index (χ3v) is 3.70. The maximum atomic E-state index is 5.72. The van der Waals surface area contributed by atoms with Crippen molar-refractivity contribution >= 4 is 5.95 Å². The van der Waals surface area contributed by atoms with E-state index in [2.05, 4.69) is 24.8 Å². The first-order valence-corrected chi connectivity index (χ1v) is 6.91. The Labute approximate surface area is 118 Å². The summed E-state index contributed by atoms with van der Waals surface area (Å²) in [4.78, 5) is 19.5. The number of anilines is 1. The summed E-state index contributed by atoms with van der Waals surface area (Å²) in [5, 5.41) is 0. The first-order chi connectivity index (χ1) is 9.86. The summed E-state index contributed by atoms with van der Waals surface area (Å²) in [6.45, 7) is 2.70. The minimum atomic E-state index is 0.634. The Hall–Kier alpha value is -2.08. The second-order valence-corrected chi connectivity index (χ2v) is 5.00. The zero-order chi connectivity index (χ0) is 13.8. The van der Waals surface area contributed by atoms with Gasteiger partial charge in [-0.3, -0.25) is 9.97 Å². The van der Waals surface area contributed by atoms with Gasteiger partial charge in [0.1, 0.15) is 5.69 Å². The van der Waals surface area contributed by atoms with Crippen molar-refractivity contribution in [1.82, 2.24) is 19.9 Å². The first-order valence-electron chi connectivity index (χ1n) is 6.91. The van der Waals surface area contributed by atoms with Crippen molar-refractivity contribution < 1.29 is 0 Å². The zero-order valence-corrected chi connectivity index (χ0v) is 11.3. The van der Waals surface area contributed by atoms with Crippen molar-refractivity contribution in [2.45, 2.75) is 12.8 Å². The summed E-state index contributed by atoms with van der Waals surface area (Å²) in [5.41, 5.74) is 7.30. The highest BCUT2D eigenvalue weighted by Gasteiger charge is 2.20. The van der Waals surface area contributed by atoms with E-state index in [1.54, 1.807) is 24.8 Å². The van der Waals surface area contributed by atoms with Crippen LogP contribution in [0.1, 0.15) is 12.8 Å². The molecule has 0 amide bonds. The zero-order valence-electron chi connectivity index (χ0n) is 11.3. The normalized spacial score (nSPS) is 16.4. The van der Waals surface area contributed by atoms with Crippen LogP contribution >= 0.6 is 0 Å². The van der Waals surface area contributed by atoms with Crippen molar-refractivity contribution in [3.05, 3.63) is 30.9 Å². The third kappa shape index (κ3) is 2.75. The molecule has 6 nitrogen and oxygen atoms in total. The smallest absolute Gasteiger partial charge is 0.225 e. The number of nitrogens with zero attached hydrogens (tertiary/aromatic N) is 5. The predicted octanol–water partition coefficient (Wildman–Crippen LogP) is 1.11. The summed E-state index contributed by atoms with van der Waals surface area (Å²) >= 11 is 0. The lowest BCUT2D eigenvalue weighted by Gasteiger charge is -2.31. The first kappa shape index (κ1) is 12.9. The van der Waals surface area contributed by atoms with Crippen LogP contribution in [0, 0.1) is 5.92 Å². The summed E-state index contributed by atoms with van der Waals surface area (Å²) in [6, 6.07) is 1.86. The van der Waals surface area contributed by atoms with E-state index >= 15 is 0 Å². The van der Waals surface area contributed by atoms with E-state index < -0.39 is 0 Å². The molecule has 1 aliphatic rings. The van der Waals surface area contributed by atoms with Crippen molar-refractivity contribution in [1.29, 1.82) is 0 Å². The fraction of sp³-hybridized carbons (Fsp3) is 0.429. The molecule has 1 saturated heterocycles. The van der Waals surface area contributed by atoms with Gasteiger partial charge in [-0.15, -0.1) is 0 Å². The molecule has 0 radical (unpaired) electrons. The van der Waals surface area contributed by atoms with Crippen LogP contribution in [-0.2, 0) is 0 Å². The molecule has 0 aromatic carbocycles. The van der Waals surface area contributed by atoms with E-state index in [0.29, 0.717) is 5.92 Å². The molecule has 3 heterocycles. The molecule has 1 fully saturated rings. The minimum Gasteiger partial charge on any atom is -0.341 e. The molecule has 3 rings (SSSR count). The standard InChI is InChI=1S/C14H18N6/c15-9-11-2-7-20(8-3-11)14-18-4-1-12(19-14)13-10-16-5-6-17-13/h1,4-6,10-11H,2-3,7-9,15H2. The van der Waals surface area contributed by atoms with Gasteiger partial charge in [0.25, 0.3) is 0 Å². The topological polar surface area (TPSA) is 80.8 Å². The molecule has 2 aromatic heterocycles. The molecule has 2 N–H and O–H groups in total. The Morgan fingerprint density at radius 1 is 1.10 bits per heavy atom. The number of aromatic nitrogens is 4. The number of piperidine rings is 1. The van der Waals surface area contributed by atoms with Gasteiger partial charge >= 0.3 is 0 Å². The Morgan fingerprint density at radius 3 is 2.65 bits per heavy atom. The molecule has 0 atom stereocenters. The van der Waals surface area contributed by atoms with Gasteiger partial charge in [-0.25, -0.2) is 9.97 Å². The lowest BCUT2D eigenvalue weighted by Crippen LogP contribution is -2.37. The average molecular weight is 270 g/mol. The molecule has 2 aromatic rings. The molecule has 0 saturated carbocycles. The van der Waals surface area contributed by atoms with Crippen LogP contribution in [0.25, 0.3) is 11.4 Å². The van der Waals surface area contributed by atoms with E-state index in [1.165, 1.54) is 0 Å². The number of hydrogen-bond acceptors (Lipinski definition) is 6. The largest absolute Gasteiger partial charge is 0.341 e. The second-order valence-electron chi connectivity index (χ2n) is 5.00. The second kappa shape index (κ2) is 5.92. The fourth-order valence-electron chi connectivity index (χ4n) is 2.44.